The summed E-state index contributed by atoms with van der Waals surface area (Å²) in [5.74, 6) is 1.48. The van der Waals surface area contributed by atoms with Crippen LogP contribution in [0.2, 0.25) is 0 Å². The molecular formula is C16H21NO. The molecule has 0 unspecified atom stereocenters. The van der Waals surface area contributed by atoms with E-state index >= 15 is 0 Å². The predicted octanol–water partition coefficient (Wildman–Crippen LogP) is 3.60. The van der Waals surface area contributed by atoms with Crippen molar-refractivity contribution in [1.29, 1.82) is 5.26 Å². The Bertz CT molecular complexity index is 396. The third-order valence-corrected chi connectivity index (χ3v) is 4.13. The Balaban J connectivity index is 1.87. The molecule has 18 heavy (non-hydrogen) atoms. The summed E-state index contributed by atoms with van der Waals surface area (Å²) in [6.45, 7) is 0.329. The molecule has 1 fully saturated rings. The molecule has 0 amide bonds. The number of nitrogens with zero attached hydrogens (tertiary/aromatic N) is 1. The van der Waals surface area contributed by atoms with Gasteiger partial charge < -0.3 is 5.11 Å². The second-order valence-corrected chi connectivity index (χ2v) is 5.32. The minimum atomic E-state index is 0.329. The molecule has 1 aliphatic rings. The molecule has 0 saturated heterocycles. The smallest absolute Gasteiger partial charge is 0.0991 e. The van der Waals surface area contributed by atoms with E-state index in [1.165, 1.54) is 37.7 Å². The zero-order valence-corrected chi connectivity index (χ0v) is 10.8. The van der Waals surface area contributed by atoms with Gasteiger partial charge in [0.25, 0.3) is 0 Å². The van der Waals surface area contributed by atoms with Crippen molar-refractivity contribution in [2.24, 2.45) is 5.92 Å². The van der Waals surface area contributed by atoms with Crippen LogP contribution in [0.25, 0.3) is 0 Å². The van der Waals surface area contributed by atoms with Gasteiger partial charge in [-0.15, -0.1) is 0 Å². The van der Waals surface area contributed by atoms with E-state index in [2.05, 4.69) is 18.2 Å². The summed E-state index contributed by atoms with van der Waals surface area (Å²) in [4.78, 5) is 0. The fourth-order valence-electron chi connectivity index (χ4n) is 2.99. The minimum absolute atomic E-state index is 0.329. The highest BCUT2D eigenvalue weighted by atomic mass is 16.2. The van der Waals surface area contributed by atoms with Gasteiger partial charge in [-0.25, -0.2) is 0 Å². The van der Waals surface area contributed by atoms with Gasteiger partial charge in [0.1, 0.15) is 0 Å². The van der Waals surface area contributed by atoms with E-state index in [4.69, 9.17) is 10.4 Å². The molecule has 2 heteroatoms. The Morgan fingerprint density at radius 1 is 1.11 bits per heavy atom. The van der Waals surface area contributed by atoms with Crippen LogP contribution in [0.5, 0.6) is 0 Å². The highest BCUT2D eigenvalue weighted by Gasteiger charge is 2.21. The topological polar surface area (TPSA) is 44.0 Å². The van der Waals surface area contributed by atoms with Crippen LogP contribution in [0, 0.1) is 17.2 Å². The molecule has 2 rings (SSSR count). The fourth-order valence-corrected chi connectivity index (χ4v) is 2.99. The first-order chi connectivity index (χ1) is 8.83. The Labute approximate surface area is 109 Å². The molecule has 1 aromatic rings. The summed E-state index contributed by atoms with van der Waals surface area (Å²) in [6, 6.07) is 10.2. The van der Waals surface area contributed by atoms with Crippen molar-refractivity contribution in [1.82, 2.24) is 0 Å². The summed E-state index contributed by atoms with van der Waals surface area (Å²) in [6.07, 6.45) is 7.20. The summed E-state index contributed by atoms with van der Waals surface area (Å²) >= 11 is 0. The minimum Gasteiger partial charge on any atom is -0.396 e. The number of benzene rings is 1. The van der Waals surface area contributed by atoms with Crippen LogP contribution in [0.4, 0.5) is 0 Å². The third-order valence-electron chi connectivity index (χ3n) is 4.13. The zero-order valence-electron chi connectivity index (χ0n) is 10.8. The number of rotatable bonds is 4. The van der Waals surface area contributed by atoms with Crippen LogP contribution in [-0.4, -0.2) is 11.7 Å². The van der Waals surface area contributed by atoms with Crippen LogP contribution >= 0.6 is 0 Å². The van der Waals surface area contributed by atoms with Crippen LogP contribution in [0.3, 0.4) is 0 Å². The zero-order chi connectivity index (χ0) is 12.8. The van der Waals surface area contributed by atoms with Crippen molar-refractivity contribution in [2.45, 2.75) is 44.4 Å². The molecule has 1 aromatic carbocycles. The van der Waals surface area contributed by atoms with Gasteiger partial charge in [0.2, 0.25) is 0 Å². The molecule has 0 atom stereocenters. The highest BCUT2D eigenvalue weighted by molar-refractivity contribution is 5.33. The Hall–Kier alpha value is -1.33. The van der Waals surface area contributed by atoms with Crippen LogP contribution in [0.15, 0.2) is 24.3 Å². The monoisotopic (exact) mass is 243 g/mol. The molecule has 0 radical (unpaired) electrons. The molecule has 0 aliphatic heterocycles. The number of nitriles is 1. The normalized spacial score (nSPS) is 23.6. The second-order valence-electron chi connectivity index (χ2n) is 5.32. The van der Waals surface area contributed by atoms with Gasteiger partial charge in [-0.2, -0.15) is 5.26 Å². The first kappa shape index (κ1) is 13.1. The van der Waals surface area contributed by atoms with Gasteiger partial charge in [-0.05, 0) is 68.1 Å². The lowest BCUT2D eigenvalue weighted by atomic mass is 9.77. The van der Waals surface area contributed by atoms with E-state index in [1.807, 2.05) is 12.1 Å². The van der Waals surface area contributed by atoms with Gasteiger partial charge in [0, 0.05) is 6.61 Å². The molecule has 0 aromatic heterocycles. The molecule has 1 N–H and O–H groups in total. The van der Waals surface area contributed by atoms with Gasteiger partial charge in [0.05, 0.1) is 11.6 Å². The predicted molar refractivity (Wildman–Crippen MR) is 72.2 cm³/mol. The molecule has 0 bridgehead atoms. The van der Waals surface area contributed by atoms with Crippen LogP contribution in [0.1, 0.15) is 55.6 Å². The Morgan fingerprint density at radius 3 is 2.33 bits per heavy atom. The van der Waals surface area contributed by atoms with Crippen LogP contribution < -0.4 is 0 Å². The lowest BCUT2D eigenvalue weighted by molar-refractivity contribution is 0.246. The van der Waals surface area contributed by atoms with E-state index in [0.717, 1.165) is 17.9 Å². The Morgan fingerprint density at radius 2 is 1.78 bits per heavy atom. The largest absolute Gasteiger partial charge is 0.396 e. The van der Waals surface area contributed by atoms with Crippen molar-refractivity contribution in [3.8, 4) is 6.07 Å². The molecule has 0 spiro atoms. The third kappa shape index (κ3) is 3.34. The highest BCUT2D eigenvalue weighted by Crippen LogP contribution is 2.37. The van der Waals surface area contributed by atoms with Gasteiger partial charge in [-0.3, -0.25) is 0 Å². The van der Waals surface area contributed by atoms with Crippen molar-refractivity contribution in [2.75, 3.05) is 6.61 Å². The first-order valence-electron chi connectivity index (χ1n) is 6.94. The number of hydrogen-bond acceptors (Lipinski definition) is 2. The lowest BCUT2D eigenvalue weighted by Crippen LogP contribution is -2.13. The maximum Gasteiger partial charge on any atom is 0.0991 e. The molecule has 96 valence electrons. The number of hydrogen-bond donors (Lipinski definition) is 1. The molecule has 0 heterocycles. The second kappa shape index (κ2) is 6.56. The molecule has 2 nitrogen and oxygen atoms in total. The van der Waals surface area contributed by atoms with E-state index in [1.54, 1.807) is 0 Å². The van der Waals surface area contributed by atoms with Crippen molar-refractivity contribution < 1.29 is 5.11 Å². The maximum atomic E-state index is 8.85. The van der Waals surface area contributed by atoms with Crippen LogP contribution in [-0.2, 0) is 0 Å². The van der Waals surface area contributed by atoms with Crippen molar-refractivity contribution in [3.63, 3.8) is 0 Å². The Kier molecular flexibility index (Phi) is 4.78. The van der Waals surface area contributed by atoms with E-state index in [-0.39, 0.29) is 0 Å². The standard InChI is InChI=1S/C16H21NO/c17-12-14-5-9-16(10-6-14)15-7-3-13(4-8-15)2-1-11-18/h5-6,9-10,13,15,18H,1-4,7-8,11H2/t13-,15-. The SMILES string of the molecule is N#Cc1ccc([C@H]2CC[C@H](CCCO)CC2)cc1. The fraction of sp³-hybridized carbons (Fsp3) is 0.562. The van der Waals surface area contributed by atoms with E-state index in [0.29, 0.717) is 12.5 Å². The summed E-state index contributed by atoms with van der Waals surface area (Å²) in [7, 11) is 0. The summed E-state index contributed by atoms with van der Waals surface area (Å²) in [5.41, 5.74) is 2.13. The average molecular weight is 243 g/mol. The average Bonchev–Trinajstić information content (AvgIpc) is 2.46. The summed E-state index contributed by atoms with van der Waals surface area (Å²) in [5, 5.41) is 17.6. The van der Waals surface area contributed by atoms with E-state index in [9.17, 15) is 0 Å². The summed E-state index contributed by atoms with van der Waals surface area (Å²) < 4.78 is 0. The van der Waals surface area contributed by atoms with Gasteiger partial charge >= 0.3 is 0 Å². The van der Waals surface area contributed by atoms with Crippen molar-refractivity contribution >= 4 is 0 Å². The maximum absolute atomic E-state index is 8.85. The molecule has 1 aliphatic carbocycles. The lowest BCUT2D eigenvalue weighted by Gasteiger charge is -2.28. The van der Waals surface area contributed by atoms with E-state index < -0.39 is 0 Å². The molecular weight excluding hydrogens is 222 g/mol. The van der Waals surface area contributed by atoms with Gasteiger partial charge in [0.15, 0.2) is 0 Å². The number of aliphatic hydroxyl groups excluding tert-OH is 1. The quantitative estimate of drug-likeness (QED) is 0.878. The van der Waals surface area contributed by atoms with Gasteiger partial charge in [-0.1, -0.05) is 12.1 Å². The number of aliphatic hydroxyl groups is 1. The first-order valence-corrected chi connectivity index (χ1v) is 6.94. The van der Waals surface area contributed by atoms with Crippen molar-refractivity contribution in [3.05, 3.63) is 35.4 Å². The molecule has 1 saturated carbocycles.